The zero-order valence-electron chi connectivity index (χ0n) is 25.9. The van der Waals surface area contributed by atoms with Crippen molar-refractivity contribution in [3.63, 3.8) is 0 Å². The van der Waals surface area contributed by atoms with Gasteiger partial charge in [0.2, 0.25) is 0 Å². The van der Waals surface area contributed by atoms with Crippen molar-refractivity contribution in [1.29, 1.82) is 0 Å². The van der Waals surface area contributed by atoms with E-state index in [0.29, 0.717) is 19.5 Å². The van der Waals surface area contributed by atoms with Gasteiger partial charge >= 0.3 is 0 Å². The highest BCUT2D eigenvalue weighted by Gasteiger charge is 2.40. The molecule has 0 amide bonds. The van der Waals surface area contributed by atoms with Gasteiger partial charge in [-0.3, -0.25) is 9.88 Å². The average Bonchev–Trinajstić information content (AvgIpc) is 3.28. The molecule has 0 radical (unpaired) electrons. The Kier molecular flexibility index (Phi) is 10.2. The van der Waals surface area contributed by atoms with Gasteiger partial charge in [-0.15, -0.1) is 6.58 Å². The predicted octanol–water partition coefficient (Wildman–Crippen LogP) is 5.22. The fraction of sp³-hybridized carbons (Fsp3) is 0.571. The van der Waals surface area contributed by atoms with Crippen LogP contribution in [0.5, 0.6) is 0 Å². The van der Waals surface area contributed by atoms with Gasteiger partial charge in [0.1, 0.15) is 5.67 Å². The molecule has 0 spiro atoms. The molecule has 1 aromatic heterocycles. The third kappa shape index (κ3) is 7.91. The topological polar surface area (TPSA) is 34.6 Å². The summed E-state index contributed by atoms with van der Waals surface area (Å²) in [5, 5.41) is 5.65. The molecule has 2 fully saturated rings. The van der Waals surface area contributed by atoms with Crippen LogP contribution < -0.4 is 15.9 Å². The number of nitrogens with one attached hydrogen (secondary N) is 1. The molecule has 6 heteroatoms. The summed E-state index contributed by atoms with van der Waals surface area (Å²) in [4.78, 5) is 11.8. The second-order valence-electron chi connectivity index (χ2n) is 12.9. The molecule has 2 aliphatic heterocycles. The number of likely N-dealkylation sites (tertiary alicyclic amines) is 1. The third-order valence-corrected chi connectivity index (χ3v) is 9.15. The van der Waals surface area contributed by atoms with E-state index in [1.54, 1.807) is 6.92 Å². The van der Waals surface area contributed by atoms with Crippen LogP contribution in [-0.4, -0.2) is 77.2 Å². The lowest BCUT2D eigenvalue weighted by Gasteiger charge is -2.37. The number of unbranched alkanes of at least 4 members (excludes halogenated alkanes) is 1. The molecule has 41 heavy (non-hydrogen) atoms. The smallest absolute Gasteiger partial charge is 0.127 e. The lowest BCUT2D eigenvalue weighted by atomic mass is 9.78. The number of nitrogens with zero attached hydrogens (tertiary/aromatic N) is 4. The Labute approximate surface area is 247 Å². The van der Waals surface area contributed by atoms with E-state index in [9.17, 15) is 4.39 Å². The first-order valence-corrected chi connectivity index (χ1v) is 15.6. The van der Waals surface area contributed by atoms with E-state index in [4.69, 9.17) is 0 Å². The van der Waals surface area contributed by atoms with Crippen molar-refractivity contribution in [3.8, 4) is 0 Å². The molecule has 0 aromatic carbocycles. The Hall–Kier alpha value is -2.86. The average molecular weight is 562 g/mol. The normalized spacial score (nSPS) is 26.1. The van der Waals surface area contributed by atoms with E-state index in [-0.39, 0.29) is 11.5 Å². The van der Waals surface area contributed by atoms with Gasteiger partial charge in [-0.1, -0.05) is 64.7 Å². The number of allylic oxidation sites excluding steroid dienone is 1. The molecule has 3 atom stereocenters. The summed E-state index contributed by atoms with van der Waals surface area (Å²) in [7, 11) is 0. The maximum absolute atomic E-state index is 14.7. The van der Waals surface area contributed by atoms with Gasteiger partial charge in [0, 0.05) is 72.7 Å². The Bertz CT molecular complexity index is 1240. The zero-order chi connectivity index (χ0) is 29.6. The maximum atomic E-state index is 14.7. The molecule has 2 saturated heterocycles. The van der Waals surface area contributed by atoms with Crippen LogP contribution in [0.2, 0.25) is 0 Å². The van der Waals surface area contributed by atoms with Crippen LogP contribution in [0.25, 0.3) is 17.8 Å². The predicted molar refractivity (Wildman–Crippen MR) is 172 cm³/mol. The van der Waals surface area contributed by atoms with Crippen LogP contribution in [0.15, 0.2) is 56.0 Å². The summed E-state index contributed by atoms with van der Waals surface area (Å²) in [5.74, 6) is 0. The molecule has 0 bridgehead atoms. The monoisotopic (exact) mass is 561 g/mol. The minimum Gasteiger partial charge on any atom is -0.379 e. The van der Waals surface area contributed by atoms with Gasteiger partial charge in [0.05, 0.1) is 18.4 Å². The van der Waals surface area contributed by atoms with Crippen LogP contribution in [0.3, 0.4) is 0 Å². The Morgan fingerprint density at radius 1 is 1.15 bits per heavy atom. The first-order valence-electron chi connectivity index (χ1n) is 15.6. The number of halogens is 1. The summed E-state index contributed by atoms with van der Waals surface area (Å²) in [5.41, 5.74) is 2.95. The zero-order valence-corrected chi connectivity index (χ0v) is 25.9. The Balaban J connectivity index is 1.31. The van der Waals surface area contributed by atoms with Gasteiger partial charge in [-0.05, 0) is 50.6 Å². The van der Waals surface area contributed by atoms with Crippen LogP contribution in [0, 0.1) is 5.41 Å². The number of alkyl halides is 1. The SMILES string of the molecule is C=CC1CC(C)(F)CN1C(=C)CNC(=C)c1ccnc2c1=CC(C)(CCCCN1CCN(C(=C)CCC)CC1)CC=2. The lowest BCUT2D eigenvalue weighted by molar-refractivity contribution is 0.153. The van der Waals surface area contributed by atoms with E-state index >= 15 is 0 Å². The summed E-state index contributed by atoms with van der Waals surface area (Å²) in [6.07, 6.45) is 15.7. The number of hydrogen-bond acceptors (Lipinski definition) is 5. The third-order valence-electron chi connectivity index (χ3n) is 9.15. The Morgan fingerprint density at radius 3 is 2.61 bits per heavy atom. The number of fused-ring (bicyclic) bond motifs is 1. The molecule has 1 N–H and O–H groups in total. The van der Waals surface area contributed by atoms with Gasteiger partial charge in [-0.2, -0.15) is 0 Å². The minimum absolute atomic E-state index is 0.0275. The number of hydrogen-bond donors (Lipinski definition) is 1. The number of piperazine rings is 1. The minimum atomic E-state index is -1.23. The number of aromatic nitrogens is 1. The lowest BCUT2D eigenvalue weighted by Crippen LogP contribution is -2.45. The van der Waals surface area contributed by atoms with Gasteiger partial charge in [-0.25, -0.2) is 4.39 Å². The molecule has 3 unspecified atom stereocenters. The number of pyridine rings is 1. The van der Waals surface area contributed by atoms with E-state index < -0.39 is 5.67 Å². The van der Waals surface area contributed by atoms with E-state index in [1.807, 2.05) is 23.2 Å². The summed E-state index contributed by atoms with van der Waals surface area (Å²) < 4.78 is 14.7. The van der Waals surface area contributed by atoms with E-state index in [0.717, 1.165) is 73.0 Å². The largest absolute Gasteiger partial charge is 0.379 e. The fourth-order valence-electron chi connectivity index (χ4n) is 6.62. The van der Waals surface area contributed by atoms with Crippen molar-refractivity contribution < 1.29 is 4.39 Å². The maximum Gasteiger partial charge on any atom is 0.127 e. The quantitative estimate of drug-likeness (QED) is 0.249. The molecule has 4 rings (SSSR count). The first-order chi connectivity index (χ1) is 19.5. The highest BCUT2D eigenvalue weighted by Crippen LogP contribution is 2.34. The van der Waals surface area contributed by atoms with Crippen LogP contribution >= 0.6 is 0 Å². The molecule has 1 aliphatic carbocycles. The highest BCUT2D eigenvalue weighted by molar-refractivity contribution is 5.64. The van der Waals surface area contributed by atoms with Crippen molar-refractivity contribution in [1.82, 2.24) is 25.0 Å². The van der Waals surface area contributed by atoms with E-state index in [2.05, 4.69) is 72.4 Å². The van der Waals surface area contributed by atoms with Crippen LogP contribution in [-0.2, 0) is 0 Å². The Morgan fingerprint density at radius 2 is 1.90 bits per heavy atom. The van der Waals surface area contributed by atoms with E-state index in [1.165, 1.54) is 31.5 Å². The summed E-state index contributed by atoms with van der Waals surface area (Å²) in [6, 6.07) is 2.02. The molecule has 0 saturated carbocycles. The van der Waals surface area contributed by atoms with Gasteiger partial charge in [0.15, 0.2) is 0 Å². The molecule has 1 aromatic rings. The highest BCUT2D eigenvalue weighted by atomic mass is 19.1. The molecule has 3 aliphatic rings. The van der Waals surface area contributed by atoms with Crippen molar-refractivity contribution in [2.75, 3.05) is 45.8 Å². The van der Waals surface area contributed by atoms with Gasteiger partial charge in [0.25, 0.3) is 0 Å². The summed E-state index contributed by atoms with van der Waals surface area (Å²) >= 11 is 0. The molecule has 5 nitrogen and oxygen atoms in total. The molecular weight excluding hydrogens is 509 g/mol. The van der Waals surface area contributed by atoms with Crippen molar-refractivity contribution in [2.45, 2.75) is 77.4 Å². The van der Waals surface area contributed by atoms with Crippen molar-refractivity contribution in [2.24, 2.45) is 5.41 Å². The first kappa shape index (κ1) is 31.1. The molecule has 224 valence electrons. The van der Waals surface area contributed by atoms with Crippen molar-refractivity contribution in [3.05, 3.63) is 72.2 Å². The van der Waals surface area contributed by atoms with Gasteiger partial charge < -0.3 is 15.1 Å². The summed E-state index contributed by atoms with van der Waals surface area (Å²) in [6.45, 7) is 29.6. The molecular formula is C35H52FN5. The van der Waals surface area contributed by atoms with Crippen LogP contribution in [0.1, 0.15) is 71.3 Å². The second-order valence-corrected chi connectivity index (χ2v) is 12.9. The fourth-order valence-corrected chi connectivity index (χ4v) is 6.62. The second kappa shape index (κ2) is 13.4. The standard InChI is InChI=1S/C35H52FN5/c1-8-12-27(3)40-21-19-39(20-22-40)18-11-10-15-34(6)16-13-33-32(24-34)31(14-17-37-33)29(5)38-25-28(4)41-26-35(7,36)23-30(41)9-2/h9,13-14,17,24,30,38H,2-5,8,10-12,15-16,18-23,25-26H2,1,6-7H3. The number of rotatable bonds is 14. The van der Waals surface area contributed by atoms with Crippen molar-refractivity contribution >= 4 is 17.8 Å². The van der Waals surface area contributed by atoms with Crippen LogP contribution in [0.4, 0.5) is 4.39 Å². The molecule has 3 heterocycles.